The molecule has 3 nitrogen and oxygen atoms in total. The molecular weight excluding hydrogens is 271 g/mol. The molecule has 0 N–H and O–H groups in total. The van der Waals surface area contributed by atoms with Gasteiger partial charge in [-0.2, -0.15) is 0 Å². The average Bonchev–Trinajstić information content (AvgIpc) is 2.78. The molecule has 0 saturated carbocycles. The number of halogens is 1. The Hall–Kier alpha value is -2.20. The molecule has 108 valence electrons. The molecule has 4 heteroatoms. The molecule has 1 aliphatic carbocycles. The molecule has 0 heterocycles. The van der Waals surface area contributed by atoms with Gasteiger partial charge in [-0.3, -0.25) is 4.79 Å². The van der Waals surface area contributed by atoms with Crippen molar-refractivity contribution in [2.45, 2.75) is 5.41 Å². The molecule has 0 radical (unpaired) electrons. The van der Waals surface area contributed by atoms with Crippen LogP contribution >= 0.6 is 0 Å². The molecule has 1 atom stereocenters. The van der Waals surface area contributed by atoms with E-state index in [9.17, 15) is 9.18 Å². The Morgan fingerprint density at radius 1 is 1.10 bits per heavy atom. The highest BCUT2D eigenvalue weighted by atomic mass is 19.1. The lowest BCUT2D eigenvalue weighted by molar-refractivity contribution is -0.147. The smallest absolute Gasteiger partial charge is 0.323 e. The summed E-state index contributed by atoms with van der Waals surface area (Å²) in [5.74, 6) is -0.827. The Kier molecular flexibility index (Phi) is 3.26. The molecular formula is C17H15FO3. The molecule has 2 aromatic carbocycles. The lowest BCUT2D eigenvalue weighted by Gasteiger charge is -2.28. The maximum Gasteiger partial charge on any atom is 0.323 e. The minimum atomic E-state index is -1.11. The number of hydrogen-bond acceptors (Lipinski definition) is 3. The van der Waals surface area contributed by atoms with Crippen LogP contribution in [0.25, 0.3) is 11.1 Å². The van der Waals surface area contributed by atoms with Crippen LogP contribution in [-0.4, -0.2) is 26.8 Å². The molecule has 21 heavy (non-hydrogen) atoms. The monoisotopic (exact) mass is 286 g/mol. The molecule has 2 aromatic rings. The van der Waals surface area contributed by atoms with Crippen LogP contribution in [0, 0.1) is 5.82 Å². The molecule has 0 spiro atoms. The van der Waals surface area contributed by atoms with Gasteiger partial charge in [-0.1, -0.05) is 30.3 Å². The van der Waals surface area contributed by atoms with Gasteiger partial charge in [0.05, 0.1) is 13.7 Å². The van der Waals surface area contributed by atoms with E-state index >= 15 is 0 Å². The van der Waals surface area contributed by atoms with Crippen LogP contribution in [0.4, 0.5) is 4.39 Å². The topological polar surface area (TPSA) is 35.5 Å². The summed E-state index contributed by atoms with van der Waals surface area (Å²) < 4.78 is 24.0. The Bertz CT molecular complexity index is 711. The van der Waals surface area contributed by atoms with Gasteiger partial charge in [0, 0.05) is 7.11 Å². The standard InChI is InChI=1S/C17H15FO3/c1-20-10-17(16(19)21-2)14-6-4-3-5-12(14)13-8-7-11(18)9-15(13)17/h3-9H,10H2,1-2H3. The largest absolute Gasteiger partial charge is 0.468 e. The quantitative estimate of drug-likeness (QED) is 0.814. The van der Waals surface area contributed by atoms with Crippen molar-refractivity contribution in [2.75, 3.05) is 20.8 Å². The number of ether oxygens (including phenoxy) is 2. The first-order valence-corrected chi connectivity index (χ1v) is 6.62. The zero-order valence-corrected chi connectivity index (χ0v) is 11.9. The Morgan fingerprint density at radius 3 is 2.52 bits per heavy atom. The fourth-order valence-corrected chi connectivity index (χ4v) is 3.16. The number of methoxy groups -OCH3 is 2. The van der Waals surface area contributed by atoms with Crippen molar-refractivity contribution < 1.29 is 18.7 Å². The number of esters is 1. The maximum atomic E-state index is 13.7. The normalized spacial score (nSPS) is 19.0. The third-order valence-corrected chi connectivity index (χ3v) is 4.01. The molecule has 0 fully saturated rings. The Balaban J connectivity index is 2.38. The van der Waals surface area contributed by atoms with Gasteiger partial charge in [-0.15, -0.1) is 0 Å². The minimum Gasteiger partial charge on any atom is -0.468 e. The van der Waals surface area contributed by atoms with E-state index in [0.29, 0.717) is 5.56 Å². The van der Waals surface area contributed by atoms with Crippen LogP contribution in [0.2, 0.25) is 0 Å². The summed E-state index contributed by atoms with van der Waals surface area (Å²) in [6, 6.07) is 12.0. The van der Waals surface area contributed by atoms with Gasteiger partial charge in [-0.25, -0.2) is 4.39 Å². The van der Waals surface area contributed by atoms with Crippen molar-refractivity contribution in [1.29, 1.82) is 0 Å². The van der Waals surface area contributed by atoms with Crippen LogP contribution in [0.3, 0.4) is 0 Å². The highest BCUT2D eigenvalue weighted by Crippen LogP contribution is 2.49. The summed E-state index contributed by atoms with van der Waals surface area (Å²) in [5.41, 5.74) is 2.03. The summed E-state index contributed by atoms with van der Waals surface area (Å²) in [5, 5.41) is 0. The molecule has 0 saturated heterocycles. The summed E-state index contributed by atoms with van der Waals surface area (Å²) in [4.78, 5) is 12.5. The van der Waals surface area contributed by atoms with Crippen molar-refractivity contribution in [2.24, 2.45) is 0 Å². The fraction of sp³-hybridized carbons (Fsp3) is 0.235. The average molecular weight is 286 g/mol. The molecule has 0 bridgehead atoms. The van der Waals surface area contributed by atoms with E-state index in [1.54, 1.807) is 6.07 Å². The van der Waals surface area contributed by atoms with E-state index in [0.717, 1.165) is 16.7 Å². The predicted octanol–water partition coefficient (Wildman–Crippen LogP) is 2.91. The second-order valence-corrected chi connectivity index (χ2v) is 5.07. The van der Waals surface area contributed by atoms with E-state index in [1.807, 2.05) is 24.3 Å². The minimum absolute atomic E-state index is 0.104. The Morgan fingerprint density at radius 2 is 1.81 bits per heavy atom. The molecule has 0 aliphatic heterocycles. The van der Waals surface area contributed by atoms with Crippen molar-refractivity contribution in [3.63, 3.8) is 0 Å². The SMILES string of the molecule is COCC1(C(=O)OC)c2ccccc2-c2ccc(F)cc21. The van der Waals surface area contributed by atoms with Crippen LogP contribution in [-0.2, 0) is 19.7 Å². The van der Waals surface area contributed by atoms with Crippen LogP contribution in [0.5, 0.6) is 0 Å². The van der Waals surface area contributed by atoms with Crippen molar-refractivity contribution in [1.82, 2.24) is 0 Å². The van der Waals surface area contributed by atoms with Gasteiger partial charge in [0.15, 0.2) is 0 Å². The van der Waals surface area contributed by atoms with E-state index in [1.165, 1.54) is 26.4 Å². The highest BCUT2D eigenvalue weighted by Gasteiger charge is 2.50. The first-order valence-electron chi connectivity index (χ1n) is 6.62. The van der Waals surface area contributed by atoms with Crippen LogP contribution in [0.1, 0.15) is 11.1 Å². The molecule has 0 amide bonds. The van der Waals surface area contributed by atoms with Gasteiger partial charge in [-0.05, 0) is 34.4 Å². The van der Waals surface area contributed by atoms with Crippen molar-refractivity contribution in [3.8, 4) is 11.1 Å². The van der Waals surface area contributed by atoms with Crippen molar-refractivity contribution >= 4 is 5.97 Å². The zero-order valence-electron chi connectivity index (χ0n) is 11.9. The summed E-state index contributed by atoms with van der Waals surface area (Å²) >= 11 is 0. The molecule has 3 rings (SSSR count). The van der Waals surface area contributed by atoms with Gasteiger partial charge < -0.3 is 9.47 Å². The second-order valence-electron chi connectivity index (χ2n) is 5.07. The van der Waals surface area contributed by atoms with Crippen LogP contribution in [0.15, 0.2) is 42.5 Å². The third-order valence-electron chi connectivity index (χ3n) is 4.01. The van der Waals surface area contributed by atoms with E-state index in [2.05, 4.69) is 0 Å². The maximum absolute atomic E-state index is 13.7. The lowest BCUT2D eigenvalue weighted by atomic mass is 9.79. The number of rotatable bonds is 3. The van der Waals surface area contributed by atoms with Gasteiger partial charge >= 0.3 is 5.97 Å². The van der Waals surface area contributed by atoms with E-state index < -0.39 is 11.4 Å². The summed E-state index contributed by atoms with van der Waals surface area (Å²) in [7, 11) is 2.85. The highest BCUT2D eigenvalue weighted by molar-refractivity contribution is 5.98. The Labute approximate surface area is 122 Å². The number of carbonyl (C=O) groups excluding carboxylic acids is 1. The van der Waals surface area contributed by atoms with Gasteiger partial charge in [0.1, 0.15) is 11.2 Å². The van der Waals surface area contributed by atoms with E-state index in [4.69, 9.17) is 9.47 Å². The lowest BCUT2D eigenvalue weighted by Crippen LogP contribution is -2.40. The predicted molar refractivity (Wildman–Crippen MR) is 76.5 cm³/mol. The second kappa shape index (κ2) is 4.97. The van der Waals surface area contributed by atoms with Crippen LogP contribution < -0.4 is 0 Å². The van der Waals surface area contributed by atoms with Gasteiger partial charge in [0.2, 0.25) is 0 Å². The van der Waals surface area contributed by atoms with E-state index in [-0.39, 0.29) is 12.4 Å². The first-order chi connectivity index (χ1) is 10.1. The van der Waals surface area contributed by atoms with Crippen molar-refractivity contribution in [3.05, 3.63) is 59.4 Å². The molecule has 0 aromatic heterocycles. The first kappa shape index (κ1) is 13.8. The number of carbonyl (C=O) groups is 1. The molecule has 1 aliphatic rings. The van der Waals surface area contributed by atoms with Gasteiger partial charge in [0.25, 0.3) is 0 Å². The number of benzene rings is 2. The number of fused-ring (bicyclic) bond motifs is 3. The number of hydrogen-bond donors (Lipinski definition) is 0. The third kappa shape index (κ3) is 1.79. The summed E-state index contributed by atoms with van der Waals surface area (Å²) in [6.45, 7) is 0.104. The molecule has 1 unspecified atom stereocenters. The fourth-order valence-electron chi connectivity index (χ4n) is 3.16. The summed E-state index contributed by atoms with van der Waals surface area (Å²) in [6.07, 6.45) is 0. The zero-order chi connectivity index (χ0) is 15.0.